The third kappa shape index (κ3) is 4.77. The van der Waals surface area contributed by atoms with Gasteiger partial charge >= 0.3 is 0 Å². The van der Waals surface area contributed by atoms with Crippen LogP contribution in [0.1, 0.15) is 26.7 Å². The van der Waals surface area contributed by atoms with E-state index in [4.69, 9.17) is 5.73 Å². The summed E-state index contributed by atoms with van der Waals surface area (Å²) in [6.45, 7) is 5.02. The van der Waals surface area contributed by atoms with Gasteiger partial charge in [-0.2, -0.15) is 0 Å². The van der Waals surface area contributed by atoms with Crippen molar-refractivity contribution in [1.29, 1.82) is 0 Å². The number of amides is 1. The van der Waals surface area contributed by atoms with Crippen LogP contribution in [-0.2, 0) is 14.8 Å². The van der Waals surface area contributed by atoms with Crippen LogP contribution in [0.4, 0.5) is 5.69 Å². The zero-order valence-electron chi connectivity index (χ0n) is 14.8. The number of non-ortho nitro benzene ring substituents is 1. The number of nitrogens with two attached hydrogens (primary N) is 1. The maximum Gasteiger partial charge on any atom is 0.270 e. The number of carbonyl (C=O) groups is 1. The molecule has 9 nitrogen and oxygen atoms in total. The Labute approximate surface area is 152 Å². The van der Waals surface area contributed by atoms with Crippen molar-refractivity contribution >= 4 is 21.6 Å². The zero-order valence-corrected chi connectivity index (χ0v) is 15.7. The zero-order chi connectivity index (χ0) is 19.5. The summed E-state index contributed by atoms with van der Waals surface area (Å²) in [7, 11) is -3.92. The summed E-state index contributed by atoms with van der Waals surface area (Å²) in [5, 5.41) is 10.8. The average molecular weight is 384 g/mol. The van der Waals surface area contributed by atoms with Crippen molar-refractivity contribution in [3.05, 3.63) is 34.4 Å². The lowest BCUT2D eigenvalue weighted by Gasteiger charge is -2.42. The topological polar surface area (TPSA) is 136 Å². The van der Waals surface area contributed by atoms with Crippen LogP contribution in [-0.4, -0.2) is 49.8 Å². The molecule has 0 spiro atoms. The summed E-state index contributed by atoms with van der Waals surface area (Å²) in [5.74, 6) is -0.147. The number of piperidine rings is 1. The Kier molecular flexibility index (Phi) is 5.99. The standard InChI is InChI=1S/C16H24N4O5S/c1-16(2)11-19(9-7-14(16)17)15(21)6-8-18-26(24,25)13-5-3-4-12(10-13)20(22)23/h3-5,10,14,18H,6-9,11,17H2,1-2H3. The number of nitro benzene ring substituents is 1. The van der Waals surface area contributed by atoms with Gasteiger partial charge in [-0.3, -0.25) is 14.9 Å². The van der Waals surface area contributed by atoms with E-state index in [1.54, 1.807) is 4.90 Å². The highest BCUT2D eigenvalue weighted by molar-refractivity contribution is 7.89. The Hall–Kier alpha value is -2.04. The summed E-state index contributed by atoms with van der Waals surface area (Å²) < 4.78 is 26.8. The molecule has 3 N–H and O–H groups in total. The van der Waals surface area contributed by atoms with Crippen LogP contribution in [0.15, 0.2) is 29.2 Å². The highest BCUT2D eigenvalue weighted by atomic mass is 32.2. The summed E-state index contributed by atoms with van der Waals surface area (Å²) in [4.78, 5) is 23.9. The monoisotopic (exact) mass is 384 g/mol. The number of sulfonamides is 1. The van der Waals surface area contributed by atoms with E-state index in [1.807, 2.05) is 13.8 Å². The molecule has 2 rings (SSSR count). The second kappa shape index (κ2) is 7.68. The van der Waals surface area contributed by atoms with Gasteiger partial charge in [-0.15, -0.1) is 0 Å². The predicted molar refractivity (Wildman–Crippen MR) is 95.9 cm³/mol. The molecule has 1 atom stereocenters. The normalized spacial score (nSPS) is 20.0. The molecule has 1 amide bonds. The molecule has 1 aromatic rings. The van der Waals surface area contributed by atoms with Crippen molar-refractivity contribution in [2.24, 2.45) is 11.1 Å². The molecule has 1 heterocycles. The molecular formula is C16H24N4O5S. The molecule has 0 radical (unpaired) electrons. The van der Waals surface area contributed by atoms with Crippen LogP contribution >= 0.6 is 0 Å². The van der Waals surface area contributed by atoms with Gasteiger partial charge < -0.3 is 10.6 Å². The molecule has 0 bridgehead atoms. The van der Waals surface area contributed by atoms with Crippen LogP contribution in [0.25, 0.3) is 0 Å². The molecule has 26 heavy (non-hydrogen) atoms. The summed E-state index contributed by atoms with van der Waals surface area (Å²) >= 11 is 0. The second-order valence-electron chi connectivity index (χ2n) is 7.10. The summed E-state index contributed by atoms with van der Waals surface area (Å²) in [6.07, 6.45) is 0.720. The molecule has 1 unspecified atom stereocenters. The Morgan fingerprint density at radius 1 is 1.46 bits per heavy atom. The number of nitrogens with one attached hydrogen (secondary N) is 1. The summed E-state index contributed by atoms with van der Waals surface area (Å²) in [6, 6.07) is 4.80. The number of benzene rings is 1. The van der Waals surface area contributed by atoms with Gasteiger partial charge in [0.15, 0.2) is 0 Å². The number of hydrogen-bond acceptors (Lipinski definition) is 6. The van der Waals surface area contributed by atoms with Gasteiger partial charge in [-0.1, -0.05) is 19.9 Å². The Morgan fingerprint density at radius 3 is 2.77 bits per heavy atom. The molecule has 144 valence electrons. The van der Waals surface area contributed by atoms with E-state index in [9.17, 15) is 23.3 Å². The van der Waals surface area contributed by atoms with Crippen molar-refractivity contribution in [1.82, 2.24) is 9.62 Å². The smallest absolute Gasteiger partial charge is 0.270 e. The molecule has 1 aliphatic heterocycles. The van der Waals surface area contributed by atoms with Crippen LogP contribution in [0.5, 0.6) is 0 Å². The number of hydrogen-bond donors (Lipinski definition) is 2. The molecule has 10 heteroatoms. The van der Waals surface area contributed by atoms with E-state index in [-0.39, 0.29) is 40.9 Å². The minimum atomic E-state index is -3.92. The van der Waals surface area contributed by atoms with Gasteiger partial charge in [0.05, 0.1) is 9.82 Å². The third-order valence-electron chi connectivity index (χ3n) is 4.63. The molecule has 0 saturated carbocycles. The first-order valence-corrected chi connectivity index (χ1v) is 9.79. The molecule has 1 fully saturated rings. The first-order chi connectivity index (χ1) is 12.0. The maximum atomic E-state index is 12.3. The number of likely N-dealkylation sites (tertiary alicyclic amines) is 1. The van der Waals surface area contributed by atoms with Crippen molar-refractivity contribution < 1.29 is 18.1 Å². The molecule has 1 aromatic carbocycles. The van der Waals surface area contributed by atoms with E-state index in [0.29, 0.717) is 19.5 Å². The van der Waals surface area contributed by atoms with Crippen LogP contribution in [0, 0.1) is 15.5 Å². The average Bonchev–Trinajstić information content (AvgIpc) is 2.57. The lowest BCUT2D eigenvalue weighted by molar-refractivity contribution is -0.385. The quantitative estimate of drug-likeness (QED) is 0.551. The molecular weight excluding hydrogens is 360 g/mol. The highest BCUT2D eigenvalue weighted by Crippen LogP contribution is 2.27. The molecule has 1 saturated heterocycles. The molecule has 1 aliphatic rings. The molecule has 0 aliphatic carbocycles. The van der Waals surface area contributed by atoms with Crippen LogP contribution in [0.3, 0.4) is 0 Å². The lowest BCUT2D eigenvalue weighted by Crippen LogP contribution is -2.54. The van der Waals surface area contributed by atoms with Crippen molar-refractivity contribution in [2.45, 2.75) is 37.6 Å². The van der Waals surface area contributed by atoms with Crippen molar-refractivity contribution in [3.63, 3.8) is 0 Å². The van der Waals surface area contributed by atoms with E-state index in [2.05, 4.69) is 4.72 Å². The second-order valence-corrected chi connectivity index (χ2v) is 8.87. The van der Waals surface area contributed by atoms with Gasteiger partial charge in [-0.05, 0) is 17.9 Å². The number of rotatable bonds is 6. The van der Waals surface area contributed by atoms with Crippen molar-refractivity contribution in [3.8, 4) is 0 Å². The fraction of sp³-hybridized carbons (Fsp3) is 0.562. The van der Waals surface area contributed by atoms with Gasteiger partial charge in [0.1, 0.15) is 0 Å². The third-order valence-corrected chi connectivity index (χ3v) is 6.09. The van der Waals surface area contributed by atoms with Gasteiger partial charge in [0, 0.05) is 44.2 Å². The van der Waals surface area contributed by atoms with E-state index in [1.165, 1.54) is 18.2 Å². The van der Waals surface area contributed by atoms with Crippen molar-refractivity contribution in [2.75, 3.05) is 19.6 Å². The fourth-order valence-electron chi connectivity index (χ4n) is 2.88. The highest BCUT2D eigenvalue weighted by Gasteiger charge is 2.35. The summed E-state index contributed by atoms with van der Waals surface area (Å²) in [5.41, 5.74) is 5.56. The van der Waals surface area contributed by atoms with E-state index in [0.717, 1.165) is 6.07 Å². The number of carbonyl (C=O) groups excluding carboxylic acids is 1. The fourth-order valence-corrected chi connectivity index (χ4v) is 3.96. The van der Waals surface area contributed by atoms with Gasteiger partial charge in [0.2, 0.25) is 15.9 Å². The largest absolute Gasteiger partial charge is 0.342 e. The van der Waals surface area contributed by atoms with Crippen LogP contribution in [0.2, 0.25) is 0 Å². The Bertz CT molecular complexity index is 794. The lowest BCUT2D eigenvalue weighted by atomic mass is 9.79. The predicted octanol–water partition coefficient (Wildman–Crippen LogP) is 0.849. The van der Waals surface area contributed by atoms with Gasteiger partial charge in [0.25, 0.3) is 5.69 Å². The minimum absolute atomic E-state index is 0.0134. The Morgan fingerprint density at radius 2 is 2.15 bits per heavy atom. The number of nitro groups is 1. The molecule has 0 aromatic heterocycles. The van der Waals surface area contributed by atoms with Gasteiger partial charge in [-0.25, -0.2) is 13.1 Å². The minimum Gasteiger partial charge on any atom is -0.342 e. The van der Waals surface area contributed by atoms with Crippen LogP contribution < -0.4 is 10.5 Å². The number of nitrogens with zero attached hydrogens (tertiary/aromatic N) is 2. The SMILES string of the molecule is CC1(C)CN(C(=O)CCNS(=O)(=O)c2cccc([N+](=O)[O-])c2)CCC1N. The first-order valence-electron chi connectivity index (χ1n) is 8.30. The first kappa shape index (κ1) is 20.3. The Balaban J connectivity index is 1.93. The van der Waals surface area contributed by atoms with E-state index >= 15 is 0 Å². The van der Waals surface area contributed by atoms with E-state index < -0.39 is 14.9 Å². The maximum absolute atomic E-state index is 12.3.